The molecule has 0 amide bonds. The van der Waals surface area contributed by atoms with E-state index in [1.165, 1.54) is 65.7 Å². The van der Waals surface area contributed by atoms with Gasteiger partial charge < -0.3 is 0 Å². The van der Waals surface area contributed by atoms with Gasteiger partial charge in [-0.3, -0.25) is 0 Å². The van der Waals surface area contributed by atoms with Crippen LogP contribution in [0.25, 0.3) is 0 Å². The van der Waals surface area contributed by atoms with Gasteiger partial charge in [0.05, 0.1) is 0 Å². The van der Waals surface area contributed by atoms with Crippen molar-refractivity contribution in [3.8, 4) is 0 Å². The minimum atomic E-state index is -0.483. The minimum Gasteiger partial charge on any atom is -0.195 e. The molecular formula is C42H44FeP2. The molecule has 0 N–H and O–H groups in total. The van der Waals surface area contributed by atoms with Crippen molar-refractivity contribution in [1.29, 1.82) is 0 Å². The molecule has 230 valence electrons. The monoisotopic (exact) mass is 666 g/mol. The van der Waals surface area contributed by atoms with Crippen LogP contribution in [0.1, 0.15) is 44.5 Å². The van der Waals surface area contributed by atoms with Gasteiger partial charge in [-0.15, -0.1) is 10.9 Å². The van der Waals surface area contributed by atoms with Crippen molar-refractivity contribution in [2.24, 2.45) is 0 Å². The third-order valence-corrected chi connectivity index (χ3v) is 14.8. The van der Waals surface area contributed by atoms with Crippen molar-refractivity contribution in [2.45, 2.75) is 55.4 Å². The average molecular weight is 667 g/mol. The second kappa shape index (κ2) is 15.5. The zero-order valence-corrected chi connectivity index (χ0v) is 30.7. The van der Waals surface area contributed by atoms with E-state index in [1.807, 2.05) is 0 Å². The van der Waals surface area contributed by atoms with Crippen LogP contribution in [0.15, 0.2) is 121 Å². The van der Waals surface area contributed by atoms with Crippen molar-refractivity contribution in [3.05, 3.63) is 166 Å². The largest absolute Gasteiger partial charge is 2.00 e. The fourth-order valence-corrected chi connectivity index (χ4v) is 11.7. The van der Waals surface area contributed by atoms with E-state index in [0.29, 0.717) is 0 Å². The van der Waals surface area contributed by atoms with Gasteiger partial charge in [0, 0.05) is 0 Å². The second-order valence-corrected chi connectivity index (χ2v) is 16.0. The Balaban J connectivity index is 0.000000200. The summed E-state index contributed by atoms with van der Waals surface area (Å²) in [6.07, 6.45) is 0. The Labute approximate surface area is 284 Å². The average Bonchev–Trinajstić information content (AvgIpc) is 3.37. The molecular weight excluding hydrogens is 622 g/mol. The van der Waals surface area contributed by atoms with Crippen LogP contribution in [0.5, 0.6) is 0 Å². The Morgan fingerprint density at radius 3 is 1.00 bits per heavy atom. The molecule has 0 aliphatic carbocycles. The summed E-state index contributed by atoms with van der Waals surface area (Å²) in [5.41, 5.74) is 11.7. The molecule has 6 rings (SSSR count). The van der Waals surface area contributed by atoms with Crippen LogP contribution < -0.4 is 31.8 Å². The van der Waals surface area contributed by atoms with Crippen molar-refractivity contribution in [1.82, 2.24) is 0 Å². The van der Waals surface area contributed by atoms with Gasteiger partial charge in [-0.2, -0.15) is 44.2 Å². The molecule has 3 heteroatoms. The van der Waals surface area contributed by atoms with Gasteiger partial charge in [0.25, 0.3) is 0 Å². The van der Waals surface area contributed by atoms with Gasteiger partial charge in [-0.25, -0.2) is 0 Å². The molecule has 0 spiro atoms. The topological polar surface area (TPSA) is 0 Å². The first-order valence-corrected chi connectivity index (χ1v) is 18.2. The van der Waals surface area contributed by atoms with E-state index in [9.17, 15) is 0 Å². The smallest absolute Gasteiger partial charge is 0.195 e. The summed E-state index contributed by atoms with van der Waals surface area (Å²) in [5, 5.41) is 8.81. The number of benzene rings is 4. The van der Waals surface area contributed by atoms with Crippen molar-refractivity contribution < 1.29 is 17.1 Å². The Bertz CT molecular complexity index is 1550. The minimum absolute atomic E-state index is 0. The van der Waals surface area contributed by atoms with Crippen molar-refractivity contribution in [2.75, 3.05) is 0 Å². The van der Waals surface area contributed by atoms with Gasteiger partial charge in [0.1, 0.15) is 0 Å². The maximum absolute atomic E-state index is 2.28. The standard InChI is InChI=1S/2C21H22P.Fe/c2*1-15-16(2)18(4)21(17(15)3)22(19-11-7-5-8-12-19)20-13-9-6-10-14-20;/h2*5-14H,1-4H3;/q2*-1;+2. The first-order chi connectivity index (χ1) is 21.2. The van der Waals surface area contributed by atoms with E-state index in [-0.39, 0.29) is 17.1 Å². The van der Waals surface area contributed by atoms with Gasteiger partial charge in [0.2, 0.25) is 0 Å². The molecule has 0 fully saturated rings. The molecule has 0 radical (unpaired) electrons. The molecule has 0 aliphatic heterocycles. The molecule has 45 heavy (non-hydrogen) atoms. The van der Waals surface area contributed by atoms with Gasteiger partial charge in [-0.1, -0.05) is 185 Å². The SMILES string of the molecule is Cc1c(C)c(P(c2ccccc2)c2ccccc2)[c-](C)c1C.Cc1c(P(c2ccccc2)c2ccccc2)c(C)[c-](C)c1C.[Fe+2]. The van der Waals surface area contributed by atoms with E-state index in [4.69, 9.17) is 0 Å². The normalized spacial score (nSPS) is 10.9. The fraction of sp³-hybridized carbons (Fsp3) is 0.190. The Morgan fingerprint density at radius 1 is 0.378 bits per heavy atom. The summed E-state index contributed by atoms with van der Waals surface area (Å²) in [4.78, 5) is 0. The number of hydrogen-bond acceptors (Lipinski definition) is 0. The molecule has 0 saturated carbocycles. The zero-order valence-electron chi connectivity index (χ0n) is 27.8. The summed E-state index contributed by atoms with van der Waals surface area (Å²) in [6, 6.07) is 43.8. The van der Waals surface area contributed by atoms with E-state index in [0.717, 1.165) is 0 Å². The molecule has 0 nitrogen and oxygen atoms in total. The van der Waals surface area contributed by atoms with Crippen molar-refractivity contribution >= 4 is 47.7 Å². The Morgan fingerprint density at radius 2 is 0.711 bits per heavy atom. The van der Waals surface area contributed by atoms with E-state index in [1.54, 1.807) is 10.6 Å². The number of rotatable bonds is 6. The van der Waals surface area contributed by atoms with Crippen LogP contribution >= 0.6 is 15.8 Å². The van der Waals surface area contributed by atoms with Crippen LogP contribution in [-0.2, 0) is 17.1 Å². The predicted molar refractivity (Wildman–Crippen MR) is 199 cm³/mol. The van der Waals surface area contributed by atoms with Gasteiger partial charge in [-0.05, 0) is 29.1 Å². The van der Waals surface area contributed by atoms with Gasteiger partial charge in [0.15, 0.2) is 0 Å². The summed E-state index contributed by atoms with van der Waals surface area (Å²) in [6.45, 7) is 18.2. The molecule has 6 aromatic rings. The first-order valence-electron chi connectivity index (χ1n) is 15.5. The van der Waals surface area contributed by atoms with Crippen LogP contribution in [0.3, 0.4) is 0 Å². The Hall–Kier alpha value is -3.04. The quantitative estimate of drug-likeness (QED) is 0.0948. The molecule has 0 aliphatic rings. The Kier molecular flexibility index (Phi) is 12.0. The van der Waals surface area contributed by atoms with Crippen molar-refractivity contribution in [3.63, 3.8) is 0 Å². The summed E-state index contributed by atoms with van der Waals surface area (Å²) in [7, 11) is -0.966. The molecule has 0 unspecified atom stereocenters. The van der Waals surface area contributed by atoms with Crippen LogP contribution in [0, 0.1) is 55.4 Å². The van der Waals surface area contributed by atoms with E-state index >= 15 is 0 Å². The van der Waals surface area contributed by atoms with Crippen LogP contribution in [0.4, 0.5) is 0 Å². The first kappa shape index (κ1) is 34.8. The maximum Gasteiger partial charge on any atom is 2.00 e. The molecule has 0 aromatic heterocycles. The fourth-order valence-electron chi connectivity index (χ4n) is 6.19. The second-order valence-electron chi connectivity index (χ2n) is 11.7. The third-order valence-electron chi connectivity index (χ3n) is 9.30. The molecule has 6 aromatic carbocycles. The van der Waals surface area contributed by atoms with Crippen LogP contribution in [-0.4, -0.2) is 0 Å². The summed E-state index contributed by atoms with van der Waals surface area (Å²) < 4.78 is 0. The van der Waals surface area contributed by atoms with E-state index in [2.05, 4.69) is 177 Å². The third kappa shape index (κ3) is 7.19. The summed E-state index contributed by atoms with van der Waals surface area (Å²) >= 11 is 0. The van der Waals surface area contributed by atoms with Gasteiger partial charge >= 0.3 is 17.1 Å². The zero-order chi connectivity index (χ0) is 31.4. The molecule has 0 atom stereocenters. The maximum atomic E-state index is 2.28. The number of hydrogen-bond donors (Lipinski definition) is 0. The van der Waals surface area contributed by atoms with Crippen LogP contribution in [0.2, 0.25) is 0 Å². The predicted octanol–water partition coefficient (Wildman–Crippen LogP) is 8.79. The van der Waals surface area contributed by atoms with E-state index < -0.39 is 15.8 Å². The molecule has 0 heterocycles. The molecule has 0 bridgehead atoms. The molecule has 0 saturated heterocycles. The summed E-state index contributed by atoms with van der Waals surface area (Å²) in [5.74, 6) is 0.